The topological polar surface area (TPSA) is 136 Å². The maximum atomic E-state index is 15.3. The van der Waals surface area contributed by atoms with E-state index in [0.29, 0.717) is 26.1 Å². The average Bonchev–Trinajstić information content (AvgIpc) is 2.86. The quantitative estimate of drug-likeness (QED) is 0.359. The van der Waals surface area contributed by atoms with Crippen LogP contribution in [-0.4, -0.2) is 40.2 Å². The van der Waals surface area contributed by atoms with E-state index in [2.05, 4.69) is 11.9 Å². The fraction of sp³-hybridized carbons (Fsp3) is 0.364. The van der Waals surface area contributed by atoms with Gasteiger partial charge < -0.3 is 36.1 Å². The molecule has 3 rings (SSSR count). The van der Waals surface area contributed by atoms with E-state index in [-0.39, 0.29) is 28.9 Å². The van der Waals surface area contributed by atoms with Crippen LogP contribution in [0.2, 0.25) is 0 Å². The van der Waals surface area contributed by atoms with Crippen LogP contribution >= 0.6 is 0 Å². The number of anilines is 2. The molecule has 6 N–H and O–H groups in total. The molecule has 0 aliphatic carbocycles. The summed E-state index contributed by atoms with van der Waals surface area (Å²) in [5.74, 6) is -2.10. The summed E-state index contributed by atoms with van der Waals surface area (Å²) in [5, 5.41) is 12.3. The van der Waals surface area contributed by atoms with Crippen molar-refractivity contribution in [3.05, 3.63) is 53.0 Å². The molecule has 0 saturated carbocycles. The van der Waals surface area contributed by atoms with Gasteiger partial charge in [-0.3, -0.25) is 4.79 Å². The number of carboxylic acid groups (broad SMARTS) is 1. The molecule has 10 heteroatoms. The van der Waals surface area contributed by atoms with Crippen molar-refractivity contribution in [2.45, 2.75) is 26.8 Å². The van der Waals surface area contributed by atoms with Crippen molar-refractivity contribution in [2.24, 2.45) is 11.1 Å². The van der Waals surface area contributed by atoms with E-state index >= 15 is 4.39 Å². The number of aromatic nitrogens is 1. The van der Waals surface area contributed by atoms with Gasteiger partial charge in [-0.05, 0) is 12.6 Å². The molecule has 0 radical (unpaired) electrons. The third kappa shape index (κ3) is 4.20. The van der Waals surface area contributed by atoms with E-state index < -0.39 is 33.9 Å². The molecule has 2 heterocycles. The van der Waals surface area contributed by atoms with Gasteiger partial charge in [-0.15, -0.1) is 0 Å². The number of pyridine rings is 1. The van der Waals surface area contributed by atoms with E-state index in [1.807, 2.05) is 13.8 Å². The molecule has 9 nitrogen and oxygen atoms in total. The zero-order valence-electron chi connectivity index (χ0n) is 18.2. The van der Waals surface area contributed by atoms with Crippen LogP contribution in [0.25, 0.3) is 10.9 Å². The van der Waals surface area contributed by atoms with Gasteiger partial charge in [0.05, 0.1) is 23.2 Å². The highest BCUT2D eigenvalue weighted by atomic mass is 19.1. The Bertz CT molecular complexity index is 1160. The molecular weight excluding hydrogens is 417 g/mol. The van der Waals surface area contributed by atoms with E-state index in [1.165, 1.54) is 12.4 Å². The van der Waals surface area contributed by atoms with Gasteiger partial charge in [0.25, 0.3) is 0 Å². The third-order valence-electron chi connectivity index (χ3n) is 5.29. The van der Waals surface area contributed by atoms with Crippen LogP contribution in [0, 0.1) is 11.2 Å². The monoisotopic (exact) mass is 445 g/mol. The number of carboxylic acids is 1. The second-order valence-electron chi connectivity index (χ2n) is 8.46. The highest BCUT2D eigenvalue weighted by molar-refractivity contribution is 6.03. The minimum Gasteiger partial charge on any atom is -0.488 e. The number of nitrogens with zero attached hydrogens (tertiary/aromatic N) is 2. The summed E-state index contributed by atoms with van der Waals surface area (Å²) in [5.41, 5.74) is 9.62. The van der Waals surface area contributed by atoms with Gasteiger partial charge >= 0.3 is 5.97 Å². The molecule has 0 spiro atoms. The molecule has 172 valence electrons. The number of hydrogen-bond donors (Lipinski definition) is 4. The summed E-state index contributed by atoms with van der Waals surface area (Å²) in [6.07, 6.45) is 6.57. The number of ether oxygens (including phenoxy) is 1. The van der Waals surface area contributed by atoms with Crippen molar-refractivity contribution in [1.82, 2.24) is 9.47 Å². The first-order valence-corrected chi connectivity index (χ1v) is 10.2. The minimum atomic E-state index is -1.40. The lowest BCUT2D eigenvalue weighted by Gasteiger charge is -2.22. The van der Waals surface area contributed by atoms with Crippen LogP contribution in [-0.2, 0) is 6.54 Å². The Morgan fingerprint density at radius 1 is 1.50 bits per heavy atom. The van der Waals surface area contributed by atoms with E-state index in [0.717, 1.165) is 0 Å². The lowest BCUT2D eigenvalue weighted by atomic mass is 9.94. The number of halogens is 1. The second kappa shape index (κ2) is 8.81. The number of nitrogen functional groups attached to an aromatic ring is 1. The molecular formula is C22H28FN5O4. The summed E-state index contributed by atoms with van der Waals surface area (Å²) < 4.78 is 22.9. The predicted octanol–water partition coefficient (Wildman–Crippen LogP) is 2.52. The maximum Gasteiger partial charge on any atom is 0.341 e. The second-order valence-corrected chi connectivity index (χ2v) is 8.46. The molecule has 2 aromatic rings. The molecule has 32 heavy (non-hydrogen) atoms. The van der Waals surface area contributed by atoms with Crippen molar-refractivity contribution in [1.29, 1.82) is 0 Å². The Morgan fingerprint density at radius 2 is 2.22 bits per heavy atom. The molecule has 0 saturated heterocycles. The lowest BCUT2D eigenvalue weighted by molar-refractivity contribution is 0.0694. The fourth-order valence-corrected chi connectivity index (χ4v) is 3.78. The van der Waals surface area contributed by atoms with E-state index in [4.69, 9.17) is 16.2 Å². The number of benzene rings is 1. The van der Waals surface area contributed by atoms with Gasteiger partial charge in [0.2, 0.25) is 5.43 Å². The molecule has 1 aliphatic rings. The number of nitrogens with two attached hydrogens (primary N) is 2. The van der Waals surface area contributed by atoms with Crippen molar-refractivity contribution in [3.8, 4) is 5.75 Å². The number of nitrogens with one attached hydrogen (secondary N) is 1. The summed E-state index contributed by atoms with van der Waals surface area (Å²) in [4.78, 5) is 26.3. The largest absolute Gasteiger partial charge is 0.488 e. The highest BCUT2D eigenvalue weighted by Gasteiger charge is 2.32. The Kier molecular flexibility index (Phi) is 6.33. The molecule has 0 fully saturated rings. The van der Waals surface area contributed by atoms with Gasteiger partial charge in [-0.1, -0.05) is 20.4 Å². The first kappa shape index (κ1) is 23.0. The van der Waals surface area contributed by atoms with Gasteiger partial charge in [-0.25, -0.2) is 9.18 Å². The fourth-order valence-electron chi connectivity index (χ4n) is 3.78. The molecule has 1 aliphatic heterocycles. The van der Waals surface area contributed by atoms with Crippen LogP contribution < -0.4 is 26.9 Å². The van der Waals surface area contributed by atoms with Crippen molar-refractivity contribution < 1.29 is 19.0 Å². The van der Waals surface area contributed by atoms with Gasteiger partial charge in [0.15, 0.2) is 11.6 Å². The molecule has 0 unspecified atom stereocenters. The highest BCUT2D eigenvalue weighted by Crippen LogP contribution is 2.42. The summed E-state index contributed by atoms with van der Waals surface area (Å²) in [6.45, 7) is 9.14. The zero-order valence-corrected chi connectivity index (χ0v) is 18.2. The summed E-state index contributed by atoms with van der Waals surface area (Å²) in [6, 6.07) is 0. The third-order valence-corrected chi connectivity index (χ3v) is 5.29. The maximum absolute atomic E-state index is 15.3. The molecule has 0 amide bonds. The van der Waals surface area contributed by atoms with Crippen LogP contribution in [0.15, 0.2) is 36.2 Å². The van der Waals surface area contributed by atoms with Crippen LogP contribution in [0.1, 0.15) is 30.6 Å². The first-order chi connectivity index (χ1) is 15.1. The normalized spacial score (nSPS) is 14.7. The molecule has 0 bridgehead atoms. The molecule has 1 aromatic carbocycles. The Morgan fingerprint density at radius 3 is 2.84 bits per heavy atom. The van der Waals surface area contributed by atoms with Crippen molar-refractivity contribution >= 4 is 28.2 Å². The lowest BCUT2D eigenvalue weighted by Crippen LogP contribution is -2.26. The Balaban J connectivity index is 2.10. The molecule has 0 atom stereocenters. The molecule has 1 aromatic heterocycles. The van der Waals surface area contributed by atoms with Crippen molar-refractivity contribution in [2.75, 3.05) is 30.7 Å². The Hall–Kier alpha value is -3.69. The zero-order chi connectivity index (χ0) is 23.6. The minimum absolute atomic E-state index is 0.0449. The predicted molar refractivity (Wildman–Crippen MR) is 122 cm³/mol. The van der Waals surface area contributed by atoms with Crippen LogP contribution in [0.5, 0.6) is 5.75 Å². The van der Waals surface area contributed by atoms with Gasteiger partial charge in [-0.2, -0.15) is 0 Å². The summed E-state index contributed by atoms with van der Waals surface area (Å²) in [7, 11) is 0. The number of hydrogen-bond acceptors (Lipinski definition) is 7. The Labute approximate surface area is 184 Å². The van der Waals surface area contributed by atoms with E-state index in [9.17, 15) is 14.7 Å². The summed E-state index contributed by atoms with van der Waals surface area (Å²) >= 11 is 0. The van der Waals surface area contributed by atoms with Crippen LogP contribution in [0.4, 0.5) is 15.8 Å². The first-order valence-electron chi connectivity index (χ1n) is 10.2. The number of aromatic carboxylic acids is 1. The van der Waals surface area contributed by atoms with Crippen LogP contribution in [0.3, 0.4) is 0 Å². The average molecular weight is 445 g/mol. The van der Waals surface area contributed by atoms with Gasteiger partial charge in [0, 0.05) is 43.6 Å². The standard InChI is InChI=1S/C22H28FN5O4/c1-4-27(9-6-24)8-5-7-26-17-15(23)16(25)14-18-20(17)32-12-22(2,3)11-28(18)10-13(19(14)29)21(30)31/h4,6,9-10,26H,1,5,7-8,11-12,24-25H2,2-3H3,(H,30,31)/b9-6-. The SMILES string of the molecule is C=CN(/C=C\N)CCCNc1c(F)c(N)c2c(=O)c(C(=O)O)cn3c2c1OCC(C)(C)C3. The number of carbonyl (C=O) groups is 1. The number of rotatable bonds is 8. The van der Waals surface area contributed by atoms with Crippen molar-refractivity contribution in [3.63, 3.8) is 0 Å². The van der Waals surface area contributed by atoms with E-state index in [1.54, 1.807) is 21.9 Å². The smallest absolute Gasteiger partial charge is 0.341 e. The van der Waals surface area contributed by atoms with Gasteiger partial charge in [0.1, 0.15) is 11.3 Å².